The van der Waals surface area contributed by atoms with Crippen molar-refractivity contribution in [1.29, 1.82) is 0 Å². The maximum absolute atomic E-state index is 7.14. The number of rotatable bonds is 8. The highest BCUT2D eigenvalue weighted by molar-refractivity contribution is 7.50. The number of hydrogen-bond donors (Lipinski definition) is 0. The van der Waals surface area contributed by atoms with Gasteiger partial charge in [0.1, 0.15) is 0 Å². The van der Waals surface area contributed by atoms with Crippen molar-refractivity contribution < 1.29 is 4.12 Å². The first-order chi connectivity index (χ1) is 9.22. The van der Waals surface area contributed by atoms with Crippen molar-refractivity contribution in [1.82, 2.24) is 0 Å². The molecule has 0 rings (SSSR count). The normalized spacial score (nSPS) is 18.3. The summed E-state index contributed by atoms with van der Waals surface area (Å²) >= 11 is 0. The van der Waals surface area contributed by atoms with Crippen LogP contribution >= 0.6 is 0 Å². The Morgan fingerprint density at radius 2 is 0.952 bits per heavy atom. The maximum Gasteiger partial charge on any atom is 0.216 e. The van der Waals surface area contributed by atoms with Gasteiger partial charge in [-0.2, -0.15) is 0 Å². The third-order valence-electron chi connectivity index (χ3n) is 4.39. The van der Waals surface area contributed by atoms with E-state index in [1.54, 1.807) is 0 Å². The van der Waals surface area contributed by atoms with Crippen LogP contribution in [-0.2, 0) is 4.12 Å². The van der Waals surface area contributed by atoms with E-state index >= 15 is 0 Å². The highest BCUT2D eigenvalue weighted by atomic mass is 29.3. The molecule has 0 aliphatic carbocycles. The predicted octanol–water partition coefficient (Wildman–Crippen LogP) is 5.41. The second-order valence-electron chi connectivity index (χ2n) is 8.04. The lowest BCUT2D eigenvalue weighted by atomic mass is 10.8. The van der Waals surface area contributed by atoms with Crippen LogP contribution in [0.5, 0.6) is 0 Å². The van der Waals surface area contributed by atoms with E-state index in [2.05, 4.69) is 90.8 Å². The van der Waals surface area contributed by atoms with Crippen molar-refractivity contribution in [3.05, 3.63) is 48.1 Å². The molecule has 2 unspecified atom stereocenters. The van der Waals surface area contributed by atoms with Crippen molar-refractivity contribution in [3.63, 3.8) is 0 Å². The third kappa shape index (κ3) is 3.59. The maximum atomic E-state index is 7.14. The highest BCUT2D eigenvalue weighted by Gasteiger charge is 2.56. The Balaban J connectivity index is 6.36. The molecule has 0 aromatic heterocycles. The molecule has 5 heteroatoms. The van der Waals surface area contributed by atoms with E-state index in [4.69, 9.17) is 4.12 Å². The molecule has 0 bridgehead atoms. The van der Waals surface area contributed by atoms with E-state index < -0.39 is 30.9 Å². The van der Waals surface area contributed by atoms with E-state index in [0.29, 0.717) is 0 Å². The molecular weight excluding hydrogens is 321 g/mol. The Kier molecular flexibility index (Phi) is 6.43. The molecule has 21 heavy (non-hydrogen) atoms. The van der Waals surface area contributed by atoms with Crippen molar-refractivity contribution in [2.75, 3.05) is 0 Å². The van der Waals surface area contributed by atoms with Gasteiger partial charge in [0.15, 0.2) is 0 Å². The first kappa shape index (κ1) is 20.8. The van der Waals surface area contributed by atoms with E-state index in [-0.39, 0.29) is 0 Å². The summed E-state index contributed by atoms with van der Waals surface area (Å²) in [5.41, 5.74) is 4.24. The van der Waals surface area contributed by atoms with Crippen molar-refractivity contribution in [2.24, 2.45) is 0 Å². The Morgan fingerprint density at radius 1 is 0.714 bits per heavy atom. The molecule has 0 saturated heterocycles. The van der Waals surface area contributed by atoms with Gasteiger partial charge in [0.05, 0.1) is 15.2 Å². The van der Waals surface area contributed by atoms with Crippen LogP contribution in [0.2, 0.25) is 39.3 Å². The van der Waals surface area contributed by atoms with Crippen LogP contribution in [0.25, 0.3) is 0 Å². The Morgan fingerprint density at radius 3 is 1.05 bits per heavy atom. The first-order valence-electron chi connectivity index (χ1n) is 7.51. The minimum atomic E-state index is -2.20. The molecule has 0 spiro atoms. The van der Waals surface area contributed by atoms with Gasteiger partial charge in [0, 0.05) is 0 Å². The predicted molar refractivity (Wildman–Crippen MR) is 109 cm³/mol. The number of allylic oxidation sites excluding steroid dienone is 2. The lowest BCUT2D eigenvalue weighted by molar-refractivity contribution is 0.595. The fourth-order valence-electron chi connectivity index (χ4n) is 3.06. The van der Waals surface area contributed by atoms with Gasteiger partial charge in [-0.05, 0) is 13.8 Å². The zero-order chi connectivity index (χ0) is 17.3. The molecule has 0 aliphatic heterocycles. The van der Waals surface area contributed by atoms with Crippen LogP contribution < -0.4 is 0 Å². The van der Waals surface area contributed by atoms with Crippen molar-refractivity contribution >= 4 is 30.9 Å². The molecule has 0 fully saturated rings. The van der Waals surface area contributed by atoms with Gasteiger partial charge in [0.25, 0.3) is 0 Å². The first-order valence-corrected chi connectivity index (χ1v) is 20.5. The average molecular weight is 355 g/mol. The summed E-state index contributed by atoms with van der Waals surface area (Å²) in [4.78, 5) is 0. The van der Waals surface area contributed by atoms with Gasteiger partial charge >= 0.3 is 0 Å². The molecule has 0 N–H and O–H groups in total. The lowest BCUT2D eigenvalue weighted by Gasteiger charge is -2.50. The van der Waals surface area contributed by atoms with Gasteiger partial charge in [-0.25, -0.2) is 0 Å². The van der Waals surface area contributed by atoms with Crippen LogP contribution in [0.15, 0.2) is 48.1 Å². The van der Waals surface area contributed by atoms with Gasteiger partial charge < -0.3 is 4.12 Å². The highest BCUT2D eigenvalue weighted by Crippen LogP contribution is 2.37. The largest absolute Gasteiger partial charge is 0.447 e. The second-order valence-corrected chi connectivity index (χ2v) is 36.8. The van der Waals surface area contributed by atoms with Crippen molar-refractivity contribution in [3.8, 4) is 0 Å². The molecule has 0 radical (unpaired) electrons. The van der Waals surface area contributed by atoms with Crippen LogP contribution in [0.1, 0.15) is 13.8 Å². The molecule has 120 valence electrons. The molecule has 1 nitrogen and oxygen atoms in total. The average Bonchev–Trinajstić information content (AvgIpc) is 2.26. The summed E-state index contributed by atoms with van der Waals surface area (Å²) in [7, 11) is -7.58. The third-order valence-corrected chi connectivity index (χ3v) is 34.1. The molecule has 0 aromatic carbocycles. The summed E-state index contributed by atoms with van der Waals surface area (Å²) in [6, 6.07) is 0. The summed E-state index contributed by atoms with van der Waals surface area (Å²) in [5.74, 6) is 0. The molecule has 0 aromatic rings. The second kappa shape index (κ2) is 6.50. The van der Waals surface area contributed by atoms with Crippen molar-refractivity contribution in [2.45, 2.75) is 53.1 Å². The molecule has 0 heterocycles. The van der Waals surface area contributed by atoms with E-state index in [1.165, 1.54) is 10.4 Å². The molecule has 0 aliphatic rings. The minimum absolute atomic E-state index is 1.19. The van der Waals surface area contributed by atoms with Gasteiger partial charge in [-0.3, -0.25) is 0 Å². The molecule has 0 saturated carbocycles. The monoisotopic (exact) mass is 354 g/mol. The van der Waals surface area contributed by atoms with Gasteiger partial charge in [-0.15, -0.1) is 26.3 Å². The van der Waals surface area contributed by atoms with Crippen LogP contribution in [0.3, 0.4) is 0 Å². The zero-order valence-corrected chi connectivity index (χ0v) is 19.4. The van der Waals surface area contributed by atoms with E-state index in [0.717, 1.165) is 0 Å². The van der Waals surface area contributed by atoms with Crippen LogP contribution in [0.4, 0.5) is 0 Å². The quantitative estimate of drug-likeness (QED) is 0.530. The zero-order valence-electron chi connectivity index (χ0n) is 15.4. The summed E-state index contributed by atoms with van der Waals surface area (Å²) in [6.45, 7) is 35.4. The van der Waals surface area contributed by atoms with E-state index in [1.807, 2.05) is 0 Å². The van der Waals surface area contributed by atoms with E-state index in [9.17, 15) is 0 Å². The topological polar surface area (TPSA) is 9.23 Å². The Hall–Kier alpha value is -0.212. The molecular formula is C16H34OSi4. The lowest BCUT2D eigenvalue weighted by Crippen LogP contribution is -2.71. The Labute approximate surface area is 136 Å². The number of hydrogen-bond acceptors (Lipinski definition) is 1. The fourth-order valence-corrected chi connectivity index (χ4v) is 34.8. The van der Waals surface area contributed by atoms with Crippen LogP contribution in [0, 0.1) is 0 Å². The summed E-state index contributed by atoms with van der Waals surface area (Å²) in [5, 5.41) is 2.38. The van der Waals surface area contributed by atoms with Gasteiger partial charge in [0.2, 0.25) is 15.7 Å². The molecule has 0 amide bonds. The van der Waals surface area contributed by atoms with Gasteiger partial charge in [-0.1, -0.05) is 61.1 Å². The smallest absolute Gasteiger partial charge is 0.216 e. The van der Waals surface area contributed by atoms with Crippen LogP contribution in [-0.4, -0.2) is 30.9 Å². The summed E-state index contributed by atoms with van der Waals surface area (Å²) in [6.07, 6.45) is 0. The molecule has 2 atom stereocenters. The fraction of sp³-hybridized carbons (Fsp3) is 0.500. The summed E-state index contributed by atoms with van der Waals surface area (Å²) < 4.78 is 7.14. The SMILES string of the molecule is C=C[Si](O[Si](C=C)(C(=C)C)[Si](C)(C)C)(C(=C)C)[Si](C)(C)C. The standard InChI is InChI=1S/C16H34OSi4/c1-13-20(15(3)4,18(7,8)9)17-21(14-2,16(5)6)19(10,11)12/h13-14H,1-3,5H2,4,6-12H3. The Bertz CT molecular complexity index is 414. The minimum Gasteiger partial charge on any atom is -0.447 e.